The summed E-state index contributed by atoms with van der Waals surface area (Å²) in [7, 11) is 0. The van der Waals surface area contributed by atoms with Crippen LogP contribution in [0.15, 0.2) is 66.7 Å². The molecule has 2 fully saturated rings. The van der Waals surface area contributed by atoms with Crippen LogP contribution in [-0.4, -0.2) is 83.3 Å². The van der Waals surface area contributed by atoms with E-state index in [-0.39, 0.29) is 0 Å². The molecule has 1 aromatic carbocycles. The molecule has 2 aromatic heterocycles. The zero-order chi connectivity index (χ0) is 24.9. The van der Waals surface area contributed by atoms with Gasteiger partial charge in [0.15, 0.2) is 0 Å². The molecular formula is C29H35N7O. The number of hydrogen-bond donors (Lipinski definition) is 2. The molecule has 1 unspecified atom stereocenters. The highest BCUT2D eigenvalue weighted by atomic mass is 16.5. The van der Waals surface area contributed by atoms with E-state index in [1.165, 1.54) is 25.9 Å². The van der Waals surface area contributed by atoms with Gasteiger partial charge in [-0.1, -0.05) is 24.3 Å². The van der Waals surface area contributed by atoms with Crippen molar-refractivity contribution in [2.75, 3.05) is 63.1 Å². The monoisotopic (exact) mass is 497 g/mol. The third-order valence-corrected chi connectivity index (χ3v) is 7.44. The van der Waals surface area contributed by atoms with Crippen molar-refractivity contribution < 1.29 is 4.74 Å². The molecule has 0 bridgehead atoms. The van der Waals surface area contributed by atoms with E-state index in [1.807, 2.05) is 12.4 Å². The molecule has 3 aromatic rings. The lowest BCUT2D eigenvalue weighted by Gasteiger charge is -2.33. The van der Waals surface area contributed by atoms with Crippen molar-refractivity contribution in [1.82, 2.24) is 24.8 Å². The molecule has 6 rings (SSSR count). The number of benzene rings is 1. The lowest BCUT2D eigenvalue weighted by Crippen LogP contribution is -2.43. The topological polar surface area (TPSA) is 78.4 Å². The van der Waals surface area contributed by atoms with Gasteiger partial charge in [-0.2, -0.15) is 0 Å². The Hall–Kier alpha value is -3.33. The third-order valence-electron chi connectivity index (χ3n) is 7.44. The molecule has 8 heteroatoms. The van der Waals surface area contributed by atoms with Crippen molar-refractivity contribution in [3.05, 3.63) is 66.7 Å². The minimum atomic E-state index is 0.376. The van der Waals surface area contributed by atoms with Gasteiger partial charge in [-0.25, -0.2) is 15.0 Å². The number of para-hydroxylation sites is 1. The van der Waals surface area contributed by atoms with Crippen molar-refractivity contribution >= 4 is 22.7 Å². The number of nitrogens with zero attached hydrogens (tertiary/aromatic N) is 5. The van der Waals surface area contributed by atoms with E-state index >= 15 is 0 Å². The summed E-state index contributed by atoms with van der Waals surface area (Å²) < 4.78 is 5.52. The molecule has 192 valence electrons. The molecule has 1 aliphatic carbocycles. The van der Waals surface area contributed by atoms with Gasteiger partial charge in [0.05, 0.1) is 18.7 Å². The van der Waals surface area contributed by atoms with Crippen LogP contribution in [0.3, 0.4) is 0 Å². The van der Waals surface area contributed by atoms with Crippen LogP contribution in [-0.2, 0) is 4.74 Å². The maximum Gasteiger partial charge on any atom is 0.227 e. The first-order chi connectivity index (χ1) is 18.3. The number of aromatic nitrogens is 3. The fourth-order valence-corrected chi connectivity index (χ4v) is 5.40. The molecule has 8 nitrogen and oxygen atoms in total. The van der Waals surface area contributed by atoms with Gasteiger partial charge in [0, 0.05) is 66.8 Å². The van der Waals surface area contributed by atoms with Gasteiger partial charge in [-0.3, -0.25) is 4.90 Å². The Labute approximate surface area is 218 Å². The van der Waals surface area contributed by atoms with Gasteiger partial charge in [0.1, 0.15) is 5.82 Å². The lowest BCUT2D eigenvalue weighted by atomic mass is 10.0. The molecule has 2 saturated heterocycles. The molecule has 0 spiro atoms. The first kappa shape index (κ1) is 24.0. The molecule has 4 heterocycles. The number of rotatable bonds is 8. The second-order valence-corrected chi connectivity index (χ2v) is 9.95. The molecule has 1 atom stereocenters. The molecule has 0 amide bonds. The van der Waals surface area contributed by atoms with Gasteiger partial charge >= 0.3 is 0 Å². The SMILES string of the molecule is C1=CC(Nc2ncc3cccc(-c4ccc(NCCN5CCCC5)nc4)c3n2)=CC(N2CCOCC2)C1. The van der Waals surface area contributed by atoms with E-state index in [4.69, 9.17) is 9.72 Å². The second-order valence-electron chi connectivity index (χ2n) is 9.95. The quantitative estimate of drug-likeness (QED) is 0.481. The van der Waals surface area contributed by atoms with E-state index < -0.39 is 0 Å². The summed E-state index contributed by atoms with van der Waals surface area (Å²) in [5, 5.41) is 7.91. The predicted octanol–water partition coefficient (Wildman–Crippen LogP) is 4.16. The van der Waals surface area contributed by atoms with E-state index in [0.29, 0.717) is 12.0 Å². The molecular weight excluding hydrogens is 462 g/mol. The smallest absolute Gasteiger partial charge is 0.227 e. The first-order valence-electron chi connectivity index (χ1n) is 13.5. The number of fused-ring (bicyclic) bond motifs is 1. The van der Waals surface area contributed by atoms with Crippen LogP contribution in [0.4, 0.5) is 11.8 Å². The largest absolute Gasteiger partial charge is 0.379 e. The van der Waals surface area contributed by atoms with Gasteiger partial charge < -0.3 is 20.3 Å². The van der Waals surface area contributed by atoms with E-state index in [0.717, 1.165) is 79.4 Å². The van der Waals surface area contributed by atoms with Crippen LogP contribution in [0.5, 0.6) is 0 Å². The maximum absolute atomic E-state index is 5.52. The average Bonchev–Trinajstić information content (AvgIpc) is 3.47. The number of nitrogens with one attached hydrogen (secondary N) is 2. The van der Waals surface area contributed by atoms with Gasteiger partial charge in [0.2, 0.25) is 5.95 Å². The van der Waals surface area contributed by atoms with Crippen molar-refractivity contribution in [2.24, 2.45) is 0 Å². The Morgan fingerprint density at radius 1 is 0.973 bits per heavy atom. The molecule has 37 heavy (non-hydrogen) atoms. The number of allylic oxidation sites excluding steroid dienone is 1. The number of pyridine rings is 1. The number of ether oxygens (including phenoxy) is 1. The number of morpholine rings is 1. The maximum atomic E-state index is 5.52. The van der Waals surface area contributed by atoms with E-state index in [1.54, 1.807) is 0 Å². The van der Waals surface area contributed by atoms with Gasteiger partial charge in [-0.15, -0.1) is 0 Å². The highest BCUT2D eigenvalue weighted by molar-refractivity contribution is 5.93. The van der Waals surface area contributed by atoms with E-state index in [2.05, 4.69) is 79.0 Å². The lowest BCUT2D eigenvalue weighted by molar-refractivity contribution is 0.0258. The van der Waals surface area contributed by atoms with Crippen LogP contribution in [0.1, 0.15) is 19.3 Å². The summed E-state index contributed by atoms with van der Waals surface area (Å²) in [6, 6.07) is 10.8. The van der Waals surface area contributed by atoms with E-state index in [9.17, 15) is 0 Å². The van der Waals surface area contributed by atoms with Crippen LogP contribution in [0.25, 0.3) is 22.0 Å². The third kappa shape index (κ3) is 5.82. The number of likely N-dealkylation sites (tertiary alicyclic amines) is 1. The molecule has 0 radical (unpaired) electrons. The Morgan fingerprint density at radius 2 is 1.86 bits per heavy atom. The summed E-state index contributed by atoms with van der Waals surface area (Å²) >= 11 is 0. The van der Waals surface area contributed by atoms with Crippen LogP contribution < -0.4 is 10.6 Å². The van der Waals surface area contributed by atoms with Crippen molar-refractivity contribution in [1.29, 1.82) is 0 Å². The van der Waals surface area contributed by atoms with Crippen LogP contribution in [0, 0.1) is 0 Å². The summed E-state index contributed by atoms with van der Waals surface area (Å²) in [5.74, 6) is 1.51. The second kappa shape index (κ2) is 11.4. The number of anilines is 2. The minimum absolute atomic E-state index is 0.376. The number of hydrogen-bond acceptors (Lipinski definition) is 8. The van der Waals surface area contributed by atoms with Gasteiger partial charge in [-0.05, 0) is 56.6 Å². The molecule has 3 aliphatic rings. The molecule has 2 aliphatic heterocycles. The fraction of sp³-hybridized carbons (Fsp3) is 0.414. The van der Waals surface area contributed by atoms with Crippen molar-refractivity contribution in [3.63, 3.8) is 0 Å². The summed E-state index contributed by atoms with van der Waals surface area (Å²) in [4.78, 5) is 19.2. The van der Waals surface area contributed by atoms with Crippen molar-refractivity contribution in [2.45, 2.75) is 25.3 Å². The molecule has 2 N–H and O–H groups in total. The Kier molecular flexibility index (Phi) is 7.39. The first-order valence-corrected chi connectivity index (χ1v) is 13.5. The minimum Gasteiger partial charge on any atom is -0.379 e. The van der Waals surface area contributed by atoms with Crippen LogP contribution in [0.2, 0.25) is 0 Å². The van der Waals surface area contributed by atoms with Crippen molar-refractivity contribution in [3.8, 4) is 11.1 Å². The summed E-state index contributed by atoms with van der Waals surface area (Å²) in [6.07, 6.45) is 14.1. The average molecular weight is 498 g/mol. The highest BCUT2D eigenvalue weighted by Crippen LogP contribution is 2.28. The summed E-state index contributed by atoms with van der Waals surface area (Å²) in [6.45, 7) is 7.97. The Morgan fingerprint density at radius 3 is 2.70 bits per heavy atom. The Balaban J connectivity index is 1.17. The Bertz CT molecular complexity index is 1260. The fourth-order valence-electron chi connectivity index (χ4n) is 5.40. The highest BCUT2D eigenvalue weighted by Gasteiger charge is 2.20. The predicted molar refractivity (Wildman–Crippen MR) is 149 cm³/mol. The zero-order valence-electron chi connectivity index (χ0n) is 21.3. The normalized spacial score (nSPS) is 20.8. The molecule has 0 saturated carbocycles. The van der Waals surface area contributed by atoms with Gasteiger partial charge in [0.25, 0.3) is 0 Å². The standard InChI is InChI=1S/C29H35N7O/c1-2-13-35(12-1)14-11-30-27-10-9-22(20-31-27)26-8-3-5-23-21-32-29(34-28(23)26)33-24-6-4-7-25(19-24)36-15-17-37-18-16-36/h3-6,8-10,19-21,25H,1-2,7,11-18H2,(H,30,31)(H,32,33,34). The summed E-state index contributed by atoms with van der Waals surface area (Å²) in [5.41, 5.74) is 4.05. The van der Waals surface area contributed by atoms with Crippen LogP contribution >= 0.6 is 0 Å². The zero-order valence-corrected chi connectivity index (χ0v) is 21.3.